The van der Waals surface area contributed by atoms with Gasteiger partial charge in [-0.3, -0.25) is 0 Å². The quantitative estimate of drug-likeness (QED) is 0.766. The van der Waals surface area contributed by atoms with Crippen molar-refractivity contribution < 1.29 is 4.74 Å². The molecule has 1 unspecified atom stereocenters. The summed E-state index contributed by atoms with van der Waals surface area (Å²) in [5.41, 5.74) is 1.55. The molecule has 0 amide bonds. The van der Waals surface area contributed by atoms with E-state index in [0.29, 0.717) is 6.04 Å². The van der Waals surface area contributed by atoms with E-state index in [2.05, 4.69) is 22.1 Å². The molecule has 1 aliphatic heterocycles. The molecular formula is C11H15NOS. The monoisotopic (exact) mass is 209 g/mol. The van der Waals surface area contributed by atoms with Crippen molar-refractivity contribution in [2.45, 2.75) is 30.9 Å². The van der Waals surface area contributed by atoms with Gasteiger partial charge in [-0.2, -0.15) is 11.3 Å². The highest BCUT2D eigenvalue weighted by Gasteiger charge is 2.47. The topological polar surface area (TPSA) is 21.3 Å². The number of nitrogens with one attached hydrogen (secondary N) is 1. The van der Waals surface area contributed by atoms with Crippen molar-refractivity contribution in [3.63, 3.8) is 0 Å². The van der Waals surface area contributed by atoms with Gasteiger partial charge in [0, 0.05) is 6.54 Å². The Morgan fingerprint density at radius 2 is 2.43 bits per heavy atom. The van der Waals surface area contributed by atoms with Crippen LogP contribution in [-0.2, 0) is 4.74 Å². The average Bonchev–Trinajstić information content (AvgIpc) is 2.68. The van der Waals surface area contributed by atoms with Gasteiger partial charge >= 0.3 is 0 Å². The Bertz CT molecular complexity index is 305. The van der Waals surface area contributed by atoms with Gasteiger partial charge in [-0.25, -0.2) is 0 Å². The van der Waals surface area contributed by atoms with Crippen LogP contribution in [0.1, 0.15) is 30.9 Å². The molecule has 3 heteroatoms. The van der Waals surface area contributed by atoms with Crippen molar-refractivity contribution in [2.24, 2.45) is 0 Å². The predicted molar refractivity (Wildman–Crippen MR) is 57.6 cm³/mol. The van der Waals surface area contributed by atoms with Crippen LogP contribution in [0.15, 0.2) is 16.8 Å². The molecule has 1 spiro atoms. The molecule has 1 atom stereocenters. The van der Waals surface area contributed by atoms with Crippen LogP contribution in [0.5, 0.6) is 0 Å². The summed E-state index contributed by atoms with van der Waals surface area (Å²) in [7, 11) is 0. The summed E-state index contributed by atoms with van der Waals surface area (Å²) in [5.74, 6) is 0. The molecule has 1 aromatic heterocycles. The van der Waals surface area contributed by atoms with E-state index in [1.165, 1.54) is 24.8 Å². The van der Waals surface area contributed by atoms with Gasteiger partial charge in [0.05, 0.1) is 18.2 Å². The number of hydrogen-bond acceptors (Lipinski definition) is 3. The molecule has 1 aromatic rings. The minimum Gasteiger partial charge on any atom is -0.372 e. The normalized spacial score (nSPS) is 30.1. The van der Waals surface area contributed by atoms with Crippen LogP contribution in [0.3, 0.4) is 0 Å². The smallest absolute Gasteiger partial charge is 0.0877 e. The molecule has 2 fully saturated rings. The van der Waals surface area contributed by atoms with E-state index < -0.39 is 0 Å². The Kier molecular flexibility index (Phi) is 2.11. The molecule has 2 nitrogen and oxygen atoms in total. The molecular weight excluding hydrogens is 194 g/mol. The van der Waals surface area contributed by atoms with Crippen LogP contribution >= 0.6 is 11.3 Å². The molecule has 1 saturated carbocycles. The third-order valence-electron chi connectivity index (χ3n) is 3.44. The molecule has 3 rings (SSSR count). The van der Waals surface area contributed by atoms with Gasteiger partial charge < -0.3 is 10.1 Å². The standard InChI is InChI=1S/C11H15NOS/c1-3-11(4-1)10(12-5-6-13-11)9-2-7-14-8-9/h2,7-8,10,12H,1,3-6H2. The fraction of sp³-hybridized carbons (Fsp3) is 0.636. The Morgan fingerprint density at radius 3 is 3.07 bits per heavy atom. The average molecular weight is 209 g/mol. The van der Waals surface area contributed by atoms with Crippen LogP contribution in [0.4, 0.5) is 0 Å². The number of thiophene rings is 1. The number of hydrogen-bond donors (Lipinski definition) is 1. The summed E-state index contributed by atoms with van der Waals surface area (Å²) >= 11 is 1.77. The first-order chi connectivity index (χ1) is 6.91. The highest BCUT2D eigenvalue weighted by molar-refractivity contribution is 7.07. The number of rotatable bonds is 1. The largest absolute Gasteiger partial charge is 0.372 e. The maximum Gasteiger partial charge on any atom is 0.0877 e. The van der Waals surface area contributed by atoms with E-state index in [4.69, 9.17) is 4.74 Å². The molecule has 1 saturated heterocycles. The van der Waals surface area contributed by atoms with E-state index in [1.807, 2.05) is 0 Å². The summed E-state index contributed by atoms with van der Waals surface area (Å²) < 4.78 is 5.98. The zero-order valence-electron chi connectivity index (χ0n) is 8.16. The van der Waals surface area contributed by atoms with E-state index in [1.54, 1.807) is 11.3 Å². The number of morpholine rings is 1. The van der Waals surface area contributed by atoms with Gasteiger partial charge in [-0.05, 0) is 41.7 Å². The third kappa shape index (κ3) is 1.23. The minimum atomic E-state index is 0.138. The minimum absolute atomic E-state index is 0.138. The van der Waals surface area contributed by atoms with Crippen LogP contribution in [-0.4, -0.2) is 18.8 Å². The Morgan fingerprint density at radius 1 is 1.50 bits per heavy atom. The van der Waals surface area contributed by atoms with Crippen molar-refractivity contribution in [3.8, 4) is 0 Å². The third-order valence-corrected chi connectivity index (χ3v) is 4.14. The predicted octanol–water partition coefficient (Wildman–Crippen LogP) is 2.33. The molecule has 76 valence electrons. The zero-order chi connectivity index (χ0) is 9.43. The maximum absolute atomic E-state index is 5.98. The van der Waals surface area contributed by atoms with Gasteiger partial charge in [0.15, 0.2) is 0 Å². The second kappa shape index (κ2) is 3.33. The van der Waals surface area contributed by atoms with Crippen molar-refractivity contribution in [1.82, 2.24) is 5.32 Å². The molecule has 1 aliphatic carbocycles. The second-order valence-corrected chi connectivity index (χ2v) is 4.99. The maximum atomic E-state index is 5.98. The summed E-state index contributed by atoms with van der Waals surface area (Å²) in [6.45, 7) is 1.86. The Labute approximate surface area is 88.3 Å². The second-order valence-electron chi connectivity index (χ2n) is 4.21. The fourth-order valence-electron chi connectivity index (χ4n) is 2.55. The molecule has 0 aromatic carbocycles. The SMILES string of the molecule is c1cc(C2NCCOC23CCC3)cs1. The molecule has 0 bridgehead atoms. The van der Waals surface area contributed by atoms with Crippen LogP contribution in [0, 0.1) is 0 Å². The summed E-state index contributed by atoms with van der Waals surface area (Å²) in [5, 5.41) is 7.99. The van der Waals surface area contributed by atoms with Gasteiger partial charge in [0.2, 0.25) is 0 Å². The van der Waals surface area contributed by atoms with Crippen LogP contribution in [0.25, 0.3) is 0 Å². The molecule has 1 N–H and O–H groups in total. The van der Waals surface area contributed by atoms with E-state index in [-0.39, 0.29) is 5.60 Å². The van der Waals surface area contributed by atoms with Crippen molar-refractivity contribution >= 4 is 11.3 Å². The molecule has 0 radical (unpaired) electrons. The lowest BCUT2D eigenvalue weighted by Gasteiger charge is -2.50. The van der Waals surface area contributed by atoms with Gasteiger partial charge in [0.25, 0.3) is 0 Å². The molecule has 14 heavy (non-hydrogen) atoms. The first-order valence-electron chi connectivity index (χ1n) is 5.30. The molecule has 2 aliphatic rings. The van der Waals surface area contributed by atoms with Crippen LogP contribution in [0.2, 0.25) is 0 Å². The first-order valence-corrected chi connectivity index (χ1v) is 6.24. The highest BCUT2D eigenvalue weighted by atomic mass is 32.1. The zero-order valence-corrected chi connectivity index (χ0v) is 8.98. The summed E-state index contributed by atoms with van der Waals surface area (Å²) in [6, 6.07) is 2.66. The lowest BCUT2D eigenvalue weighted by Crippen LogP contribution is -2.56. The van der Waals surface area contributed by atoms with E-state index >= 15 is 0 Å². The lowest BCUT2D eigenvalue weighted by atomic mass is 9.72. The van der Waals surface area contributed by atoms with Gasteiger partial charge in [-0.15, -0.1) is 0 Å². The molecule has 2 heterocycles. The van der Waals surface area contributed by atoms with Crippen molar-refractivity contribution in [1.29, 1.82) is 0 Å². The first kappa shape index (κ1) is 8.89. The van der Waals surface area contributed by atoms with Crippen molar-refractivity contribution in [2.75, 3.05) is 13.2 Å². The van der Waals surface area contributed by atoms with E-state index in [9.17, 15) is 0 Å². The summed E-state index contributed by atoms with van der Waals surface area (Å²) in [4.78, 5) is 0. The van der Waals surface area contributed by atoms with Crippen molar-refractivity contribution in [3.05, 3.63) is 22.4 Å². The fourth-order valence-corrected chi connectivity index (χ4v) is 3.23. The highest BCUT2D eigenvalue weighted by Crippen LogP contribution is 2.46. The van der Waals surface area contributed by atoms with Gasteiger partial charge in [-0.1, -0.05) is 0 Å². The van der Waals surface area contributed by atoms with Gasteiger partial charge in [0.1, 0.15) is 0 Å². The number of ether oxygens (including phenoxy) is 1. The lowest BCUT2D eigenvalue weighted by molar-refractivity contribution is -0.146. The Balaban J connectivity index is 1.88. The van der Waals surface area contributed by atoms with Crippen LogP contribution < -0.4 is 5.32 Å². The summed E-state index contributed by atoms with van der Waals surface area (Å²) in [6.07, 6.45) is 3.77. The van der Waals surface area contributed by atoms with E-state index in [0.717, 1.165) is 13.2 Å². The Hall–Kier alpha value is -0.380.